The van der Waals surface area contributed by atoms with Gasteiger partial charge in [0.15, 0.2) is 0 Å². The van der Waals surface area contributed by atoms with Gasteiger partial charge in [-0.3, -0.25) is 4.79 Å². The van der Waals surface area contributed by atoms with Gasteiger partial charge in [-0.1, -0.05) is 17.7 Å². The molecule has 150 valence electrons. The molecule has 0 radical (unpaired) electrons. The van der Waals surface area contributed by atoms with E-state index in [1.165, 1.54) is 0 Å². The van der Waals surface area contributed by atoms with Crippen LogP contribution in [0.3, 0.4) is 0 Å². The van der Waals surface area contributed by atoms with Gasteiger partial charge < -0.3 is 15.2 Å². The Bertz CT molecular complexity index is 746. The Balaban J connectivity index is 1.51. The van der Waals surface area contributed by atoms with Gasteiger partial charge in [-0.05, 0) is 51.2 Å². The fraction of sp³-hybridized carbons (Fsp3) is 0.632. The highest BCUT2D eigenvalue weighted by atomic mass is 32.2. The summed E-state index contributed by atoms with van der Waals surface area (Å²) < 4.78 is 33.7. The van der Waals surface area contributed by atoms with Gasteiger partial charge in [0.1, 0.15) is 0 Å². The van der Waals surface area contributed by atoms with Crippen molar-refractivity contribution >= 4 is 15.9 Å². The number of ether oxygens (including phenoxy) is 1. The summed E-state index contributed by atoms with van der Waals surface area (Å²) in [5.41, 5.74) is 0.986. The average molecular weight is 397 g/mol. The molecule has 1 amide bonds. The molecule has 1 saturated carbocycles. The molecule has 0 spiro atoms. The number of hydrogen-bond donors (Lipinski definition) is 3. The van der Waals surface area contributed by atoms with Gasteiger partial charge in [0.25, 0.3) is 0 Å². The van der Waals surface area contributed by atoms with Gasteiger partial charge >= 0.3 is 0 Å². The standard InChI is InChI=1S/C19H28N2O5S/c1-13-2-7-16(8-3-13)27(24,25)21-17-9-6-15(26-18(17)12-22)10-11-20-19(23)14-4-5-14/h2-3,7-8,14-15,17-18,21-22H,4-6,9-12H2,1H3,(H,20,23)/t15-,17-,18+/m1/s1. The monoisotopic (exact) mass is 396 g/mol. The van der Waals surface area contributed by atoms with E-state index in [4.69, 9.17) is 4.74 Å². The highest BCUT2D eigenvalue weighted by molar-refractivity contribution is 7.89. The van der Waals surface area contributed by atoms with Crippen LogP contribution in [-0.2, 0) is 19.6 Å². The molecule has 0 unspecified atom stereocenters. The van der Waals surface area contributed by atoms with Crippen LogP contribution in [0.4, 0.5) is 0 Å². The van der Waals surface area contributed by atoms with Crippen LogP contribution in [0.15, 0.2) is 29.2 Å². The average Bonchev–Trinajstić information content (AvgIpc) is 3.48. The molecule has 8 heteroatoms. The lowest BCUT2D eigenvalue weighted by molar-refractivity contribution is -0.122. The summed E-state index contributed by atoms with van der Waals surface area (Å²) in [5, 5.41) is 12.6. The largest absolute Gasteiger partial charge is 0.394 e. The summed E-state index contributed by atoms with van der Waals surface area (Å²) in [7, 11) is -3.67. The number of carbonyl (C=O) groups is 1. The van der Waals surface area contributed by atoms with Crippen LogP contribution in [0.1, 0.15) is 37.7 Å². The second-order valence-corrected chi connectivity index (χ2v) is 9.17. The Morgan fingerprint density at radius 3 is 2.52 bits per heavy atom. The van der Waals surface area contributed by atoms with Crippen molar-refractivity contribution in [3.8, 4) is 0 Å². The first-order valence-electron chi connectivity index (χ1n) is 9.52. The van der Waals surface area contributed by atoms with Crippen molar-refractivity contribution in [3.05, 3.63) is 29.8 Å². The number of sulfonamides is 1. The molecule has 1 aromatic rings. The summed E-state index contributed by atoms with van der Waals surface area (Å²) in [4.78, 5) is 11.9. The molecule has 2 aliphatic rings. The number of aryl methyl sites for hydroxylation is 1. The van der Waals surface area contributed by atoms with E-state index in [0.717, 1.165) is 18.4 Å². The highest BCUT2D eigenvalue weighted by Gasteiger charge is 2.34. The van der Waals surface area contributed by atoms with Crippen LogP contribution >= 0.6 is 0 Å². The maximum Gasteiger partial charge on any atom is 0.240 e. The van der Waals surface area contributed by atoms with E-state index in [1.807, 2.05) is 6.92 Å². The second kappa shape index (κ2) is 8.68. The fourth-order valence-electron chi connectivity index (χ4n) is 3.31. The Morgan fingerprint density at radius 1 is 1.19 bits per heavy atom. The van der Waals surface area contributed by atoms with E-state index in [9.17, 15) is 18.3 Å². The molecule has 3 rings (SSSR count). The third-order valence-corrected chi connectivity index (χ3v) is 6.65. The lowest BCUT2D eigenvalue weighted by Crippen LogP contribution is -2.51. The quantitative estimate of drug-likeness (QED) is 0.610. The van der Waals surface area contributed by atoms with E-state index in [-0.39, 0.29) is 29.4 Å². The Hall–Kier alpha value is -1.48. The van der Waals surface area contributed by atoms with Gasteiger partial charge in [0, 0.05) is 12.5 Å². The summed E-state index contributed by atoms with van der Waals surface area (Å²) in [6, 6.07) is 6.17. The first-order chi connectivity index (χ1) is 12.9. The lowest BCUT2D eigenvalue weighted by atomic mass is 9.98. The molecular formula is C19H28N2O5S. The predicted octanol–water partition coefficient (Wildman–Crippen LogP) is 1.10. The highest BCUT2D eigenvalue weighted by Crippen LogP contribution is 2.29. The zero-order valence-corrected chi connectivity index (χ0v) is 16.4. The number of nitrogens with one attached hydrogen (secondary N) is 2. The van der Waals surface area contributed by atoms with Crippen LogP contribution < -0.4 is 10.0 Å². The Morgan fingerprint density at radius 2 is 1.89 bits per heavy atom. The number of hydrogen-bond acceptors (Lipinski definition) is 5. The summed E-state index contributed by atoms with van der Waals surface area (Å²) in [6.45, 7) is 2.18. The van der Waals surface area contributed by atoms with E-state index in [0.29, 0.717) is 25.8 Å². The molecule has 1 saturated heterocycles. The van der Waals surface area contributed by atoms with Crippen molar-refractivity contribution in [2.24, 2.45) is 5.92 Å². The van der Waals surface area contributed by atoms with Crippen molar-refractivity contribution in [2.45, 2.75) is 62.2 Å². The molecule has 2 fully saturated rings. The molecule has 3 N–H and O–H groups in total. The predicted molar refractivity (Wildman–Crippen MR) is 101 cm³/mol. The van der Waals surface area contributed by atoms with E-state index < -0.39 is 22.2 Å². The molecule has 3 atom stereocenters. The van der Waals surface area contributed by atoms with Gasteiger partial charge in [-0.15, -0.1) is 0 Å². The van der Waals surface area contributed by atoms with Crippen LogP contribution in [0, 0.1) is 12.8 Å². The lowest BCUT2D eigenvalue weighted by Gasteiger charge is -2.36. The Kier molecular flexibility index (Phi) is 6.52. The molecule has 0 bridgehead atoms. The van der Waals surface area contributed by atoms with Crippen LogP contribution in [0.25, 0.3) is 0 Å². The third-order valence-electron chi connectivity index (χ3n) is 5.15. The second-order valence-electron chi connectivity index (χ2n) is 7.45. The molecular weight excluding hydrogens is 368 g/mol. The van der Waals surface area contributed by atoms with Crippen molar-refractivity contribution < 1.29 is 23.1 Å². The zero-order valence-electron chi connectivity index (χ0n) is 15.6. The molecule has 1 aromatic carbocycles. The molecule has 27 heavy (non-hydrogen) atoms. The van der Waals surface area contributed by atoms with Gasteiger partial charge in [-0.25, -0.2) is 13.1 Å². The van der Waals surface area contributed by atoms with Gasteiger partial charge in [-0.2, -0.15) is 0 Å². The Labute approximate surface area is 160 Å². The number of carbonyl (C=O) groups excluding carboxylic acids is 1. The van der Waals surface area contributed by atoms with Crippen molar-refractivity contribution in [3.63, 3.8) is 0 Å². The van der Waals surface area contributed by atoms with Gasteiger partial charge in [0.2, 0.25) is 15.9 Å². The van der Waals surface area contributed by atoms with Gasteiger partial charge in [0.05, 0.1) is 29.8 Å². The fourth-order valence-corrected chi connectivity index (χ4v) is 4.61. The maximum absolute atomic E-state index is 12.6. The van der Waals surface area contributed by atoms with E-state index >= 15 is 0 Å². The first kappa shape index (κ1) is 20.3. The summed E-state index contributed by atoms with van der Waals surface area (Å²) >= 11 is 0. The van der Waals surface area contributed by atoms with Crippen molar-refractivity contribution in [1.29, 1.82) is 0 Å². The number of rotatable bonds is 8. The number of aliphatic hydroxyl groups is 1. The smallest absolute Gasteiger partial charge is 0.240 e. The molecule has 0 aromatic heterocycles. The number of amides is 1. The van der Waals surface area contributed by atoms with Crippen molar-refractivity contribution in [1.82, 2.24) is 10.0 Å². The summed E-state index contributed by atoms with van der Waals surface area (Å²) in [5.74, 6) is 0.288. The normalized spacial score (nSPS) is 25.9. The first-order valence-corrected chi connectivity index (χ1v) is 11.0. The molecule has 1 aliphatic carbocycles. The molecule has 7 nitrogen and oxygen atoms in total. The number of aliphatic hydroxyl groups excluding tert-OH is 1. The topological polar surface area (TPSA) is 105 Å². The zero-order chi connectivity index (χ0) is 19.4. The third kappa shape index (κ3) is 5.51. The van der Waals surface area contributed by atoms with E-state index in [1.54, 1.807) is 24.3 Å². The minimum absolute atomic E-state index is 0.0956. The maximum atomic E-state index is 12.6. The van der Waals surface area contributed by atoms with Crippen LogP contribution in [-0.4, -0.2) is 50.8 Å². The molecule has 1 heterocycles. The van der Waals surface area contributed by atoms with Crippen molar-refractivity contribution in [2.75, 3.05) is 13.2 Å². The molecule has 1 aliphatic heterocycles. The summed E-state index contributed by atoms with van der Waals surface area (Å²) in [6.07, 6.45) is 3.17. The number of benzene rings is 1. The SMILES string of the molecule is Cc1ccc(S(=O)(=O)N[C@@H]2CC[C@H](CCNC(=O)C3CC3)O[C@H]2CO)cc1. The minimum Gasteiger partial charge on any atom is -0.394 e. The van der Waals surface area contributed by atoms with Crippen LogP contribution in [0.5, 0.6) is 0 Å². The van der Waals surface area contributed by atoms with Crippen LogP contribution in [0.2, 0.25) is 0 Å². The minimum atomic E-state index is -3.67. The van der Waals surface area contributed by atoms with E-state index in [2.05, 4.69) is 10.0 Å².